The third-order valence-electron chi connectivity index (χ3n) is 5.79. The Balaban J connectivity index is 1.35. The van der Waals surface area contributed by atoms with Crippen LogP contribution in [0.15, 0.2) is 119 Å². The summed E-state index contributed by atoms with van der Waals surface area (Å²) >= 11 is 1.39. The average Bonchev–Trinajstić information content (AvgIpc) is 3.22. The van der Waals surface area contributed by atoms with Crippen molar-refractivity contribution in [2.45, 2.75) is 19.7 Å². The first kappa shape index (κ1) is 24.5. The molecule has 0 radical (unpaired) electrons. The number of amides is 1. The van der Waals surface area contributed by atoms with Gasteiger partial charge in [0.1, 0.15) is 18.2 Å². The molecule has 4 aromatic rings. The number of thioether (sulfide) groups is 1. The molecule has 1 aliphatic heterocycles. The smallest absolute Gasteiger partial charge is 0.267 e. The van der Waals surface area contributed by atoms with Crippen molar-refractivity contribution in [3.8, 4) is 5.75 Å². The van der Waals surface area contributed by atoms with Gasteiger partial charge in [0, 0.05) is 0 Å². The normalized spacial score (nSPS) is 15.5. The van der Waals surface area contributed by atoms with Crippen LogP contribution in [0.3, 0.4) is 0 Å². The van der Waals surface area contributed by atoms with Crippen molar-refractivity contribution in [1.82, 2.24) is 4.90 Å². The Hall–Kier alpha value is -4.16. The van der Waals surface area contributed by atoms with Crippen LogP contribution in [0.2, 0.25) is 0 Å². The topological polar surface area (TPSA) is 41.9 Å². The van der Waals surface area contributed by atoms with Crippen molar-refractivity contribution in [2.24, 2.45) is 4.99 Å². The molecule has 1 amide bonds. The number of amidine groups is 1. The third-order valence-corrected chi connectivity index (χ3v) is 6.83. The lowest BCUT2D eigenvalue weighted by Crippen LogP contribution is -2.28. The highest BCUT2D eigenvalue weighted by atomic mass is 32.2. The van der Waals surface area contributed by atoms with Gasteiger partial charge in [-0.2, -0.15) is 0 Å². The van der Waals surface area contributed by atoms with E-state index in [0.29, 0.717) is 35.5 Å². The number of hydrogen-bond donors (Lipinski definition) is 0. The Morgan fingerprint density at radius 1 is 0.811 bits per heavy atom. The van der Waals surface area contributed by atoms with Gasteiger partial charge in [0.15, 0.2) is 5.17 Å². The summed E-state index contributed by atoms with van der Waals surface area (Å²) in [7, 11) is 0. The van der Waals surface area contributed by atoms with Crippen molar-refractivity contribution in [3.63, 3.8) is 0 Å². The van der Waals surface area contributed by atoms with E-state index in [0.717, 1.165) is 22.3 Å². The Labute approximate surface area is 220 Å². The van der Waals surface area contributed by atoms with E-state index >= 15 is 0 Å². The number of carbonyl (C=O) groups is 1. The lowest BCUT2D eigenvalue weighted by molar-refractivity contribution is -0.122. The number of benzene rings is 4. The second-order valence-electron chi connectivity index (χ2n) is 8.56. The highest BCUT2D eigenvalue weighted by molar-refractivity contribution is 8.18. The standard InChI is InChI=1S/C31H25FN2O2S/c32-27-16-14-25(15-17-27)22-36-28-13-7-12-26(18-28)19-29-30(35)34(21-24-10-5-2-6-11-24)31(37-29)33-20-23-8-3-1-4-9-23/h1-19H,20-22H2/b29-19-,33-31?. The van der Waals surface area contributed by atoms with E-state index in [1.54, 1.807) is 17.0 Å². The van der Waals surface area contributed by atoms with E-state index in [9.17, 15) is 9.18 Å². The fourth-order valence-corrected chi connectivity index (χ4v) is 4.84. The van der Waals surface area contributed by atoms with Gasteiger partial charge in [0.25, 0.3) is 5.91 Å². The maximum Gasteiger partial charge on any atom is 0.267 e. The summed E-state index contributed by atoms with van der Waals surface area (Å²) in [6, 6.07) is 33.8. The average molecular weight is 509 g/mol. The van der Waals surface area contributed by atoms with Crippen molar-refractivity contribution in [2.75, 3.05) is 0 Å². The van der Waals surface area contributed by atoms with Gasteiger partial charge in [-0.05, 0) is 64.4 Å². The third kappa shape index (κ3) is 6.54. The summed E-state index contributed by atoms with van der Waals surface area (Å²) in [6.45, 7) is 1.29. The summed E-state index contributed by atoms with van der Waals surface area (Å²) in [5, 5.41) is 0.688. The zero-order valence-corrected chi connectivity index (χ0v) is 20.9. The van der Waals surface area contributed by atoms with Crippen molar-refractivity contribution < 1.29 is 13.9 Å². The van der Waals surface area contributed by atoms with Gasteiger partial charge in [-0.15, -0.1) is 0 Å². The zero-order chi connectivity index (χ0) is 25.5. The molecule has 0 aromatic heterocycles. The lowest BCUT2D eigenvalue weighted by Gasteiger charge is -2.15. The molecule has 0 unspecified atom stereocenters. The number of hydrogen-bond acceptors (Lipinski definition) is 4. The van der Waals surface area contributed by atoms with E-state index in [-0.39, 0.29) is 11.7 Å². The van der Waals surface area contributed by atoms with Crippen LogP contribution in [-0.2, 0) is 24.5 Å². The molecule has 0 atom stereocenters. The molecule has 0 aliphatic carbocycles. The molecule has 0 bridgehead atoms. The van der Waals surface area contributed by atoms with Crippen LogP contribution < -0.4 is 4.74 Å². The largest absolute Gasteiger partial charge is 0.489 e. The van der Waals surface area contributed by atoms with E-state index in [4.69, 9.17) is 9.73 Å². The van der Waals surface area contributed by atoms with Gasteiger partial charge in [-0.3, -0.25) is 14.7 Å². The zero-order valence-electron chi connectivity index (χ0n) is 20.1. The fraction of sp³-hybridized carbons (Fsp3) is 0.0968. The Morgan fingerprint density at radius 2 is 1.51 bits per heavy atom. The van der Waals surface area contributed by atoms with E-state index in [1.165, 1.54) is 23.9 Å². The van der Waals surface area contributed by atoms with E-state index in [1.807, 2.05) is 91.0 Å². The SMILES string of the molecule is O=C1/C(=C/c2cccc(OCc3ccc(F)cc3)c2)SC(=NCc2ccccc2)N1Cc1ccccc1. The Morgan fingerprint density at radius 3 is 2.24 bits per heavy atom. The predicted octanol–water partition coefficient (Wildman–Crippen LogP) is 7.08. The molecule has 1 fully saturated rings. The second-order valence-corrected chi connectivity index (χ2v) is 9.57. The molecule has 0 spiro atoms. The molecule has 4 nitrogen and oxygen atoms in total. The van der Waals surface area contributed by atoms with Crippen LogP contribution in [0.4, 0.5) is 4.39 Å². The number of nitrogens with zero attached hydrogens (tertiary/aromatic N) is 2. The monoisotopic (exact) mass is 508 g/mol. The minimum atomic E-state index is -0.274. The molecule has 6 heteroatoms. The number of aliphatic imine (C=N–C) groups is 1. The van der Waals surface area contributed by atoms with Crippen LogP contribution in [0, 0.1) is 5.82 Å². The first-order valence-electron chi connectivity index (χ1n) is 11.9. The molecule has 0 saturated carbocycles. The molecule has 184 valence electrons. The minimum absolute atomic E-state index is 0.0710. The van der Waals surface area contributed by atoms with E-state index < -0.39 is 0 Å². The molecule has 1 aliphatic rings. The van der Waals surface area contributed by atoms with Gasteiger partial charge >= 0.3 is 0 Å². The minimum Gasteiger partial charge on any atom is -0.489 e. The molecule has 5 rings (SSSR count). The van der Waals surface area contributed by atoms with Crippen LogP contribution in [0.1, 0.15) is 22.3 Å². The fourth-order valence-electron chi connectivity index (χ4n) is 3.87. The number of ether oxygens (including phenoxy) is 1. The highest BCUT2D eigenvalue weighted by Crippen LogP contribution is 2.34. The number of rotatable bonds is 8. The molecule has 4 aromatic carbocycles. The lowest BCUT2D eigenvalue weighted by atomic mass is 10.2. The van der Waals surface area contributed by atoms with Crippen molar-refractivity contribution in [3.05, 3.63) is 142 Å². The number of halogens is 1. The summed E-state index contributed by atoms with van der Waals surface area (Å²) in [5.74, 6) is 0.329. The van der Waals surface area contributed by atoms with Crippen LogP contribution in [0.25, 0.3) is 6.08 Å². The number of carbonyl (C=O) groups excluding carboxylic acids is 1. The first-order chi connectivity index (χ1) is 18.1. The molecule has 0 N–H and O–H groups in total. The van der Waals surface area contributed by atoms with Crippen LogP contribution in [-0.4, -0.2) is 16.0 Å². The van der Waals surface area contributed by atoms with Crippen LogP contribution in [0.5, 0.6) is 5.75 Å². The van der Waals surface area contributed by atoms with Crippen LogP contribution >= 0.6 is 11.8 Å². The molecule has 1 saturated heterocycles. The van der Waals surface area contributed by atoms with E-state index in [2.05, 4.69) is 0 Å². The maximum atomic E-state index is 13.5. The first-order valence-corrected chi connectivity index (χ1v) is 12.8. The molecular formula is C31H25FN2O2S. The summed E-state index contributed by atoms with van der Waals surface area (Å²) in [5.41, 5.74) is 3.87. The predicted molar refractivity (Wildman–Crippen MR) is 147 cm³/mol. The summed E-state index contributed by atoms with van der Waals surface area (Å²) in [4.78, 5) is 20.6. The Kier molecular flexibility index (Phi) is 7.77. The summed E-state index contributed by atoms with van der Waals surface area (Å²) < 4.78 is 19.0. The van der Waals surface area contributed by atoms with Crippen molar-refractivity contribution >= 4 is 28.9 Å². The summed E-state index contributed by atoms with van der Waals surface area (Å²) in [6.07, 6.45) is 1.88. The van der Waals surface area contributed by atoms with Crippen molar-refractivity contribution in [1.29, 1.82) is 0 Å². The second kappa shape index (κ2) is 11.7. The van der Waals surface area contributed by atoms with Gasteiger partial charge in [0.2, 0.25) is 0 Å². The highest BCUT2D eigenvalue weighted by Gasteiger charge is 2.33. The maximum absolute atomic E-state index is 13.5. The van der Waals surface area contributed by atoms with Gasteiger partial charge in [-0.1, -0.05) is 84.9 Å². The molecule has 1 heterocycles. The van der Waals surface area contributed by atoms with Gasteiger partial charge < -0.3 is 4.74 Å². The molecular weight excluding hydrogens is 483 g/mol. The molecule has 37 heavy (non-hydrogen) atoms. The van der Waals surface area contributed by atoms with Gasteiger partial charge in [0.05, 0.1) is 18.0 Å². The quantitative estimate of drug-likeness (QED) is 0.239. The van der Waals surface area contributed by atoms with Gasteiger partial charge in [-0.25, -0.2) is 4.39 Å². The Bertz CT molecular complexity index is 1420.